The quantitative estimate of drug-likeness (QED) is 0.458. The topological polar surface area (TPSA) is 90.2 Å². The maximum atomic E-state index is 13.8. The molecule has 1 aliphatic carbocycles. The lowest BCUT2D eigenvalue weighted by atomic mass is 10.0. The van der Waals surface area contributed by atoms with Gasteiger partial charge in [0.15, 0.2) is 5.75 Å². The Bertz CT molecular complexity index is 1170. The van der Waals surface area contributed by atoms with Crippen molar-refractivity contribution in [3.63, 3.8) is 0 Å². The number of ether oxygens (including phenoxy) is 1. The van der Waals surface area contributed by atoms with Crippen LogP contribution in [0, 0.1) is 15.9 Å². The van der Waals surface area contributed by atoms with Crippen molar-refractivity contribution in [3.05, 3.63) is 87.5 Å². The predicted molar refractivity (Wildman–Crippen MR) is 102 cm³/mol. The molecule has 0 spiro atoms. The Hall–Kier alpha value is -3.95. The van der Waals surface area contributed by atoms with Crippen molar-refractivity contribution in [2.75, 3.05) is 5.32 Å². The van der Waals surface area contributed by atoms with Crippen molar-refractivity contribution in [3.8, 4) is 5.75 Å². The van der Waals surface area contributed by atoms with Gasteiger partial charge in [-0.25, -0.2) is 9.97 Å². The number of halogens is 3. The van der Waals surface area contributed by atoms with Crippen molar-refractivity contribution in [2.24, 2.45) is 0 Å². The fourth-order valence-electron chi connectivity index (χ4n) is 3.19. The van der Waals surface area contributed by atoms with Crippen LogP contribution in [0.15, 0.2) is 54.7 Å². The minimum Gasteiger partial charge on any atom is -0.432 e. The van der Waals surface area contributed by atoms with E-state index >= 15 is 0 Å². The second-order valence-corrected chi connectivity index (χ2v) is 6.30. The van der Waals surface area contributed by atoms with E-state index in [0.29, 0.717) is 11.8 Å². The van der Waals surface area contributed by atoms with Gasteiger partial charge in [-0.2, -0.15) is 13.2 Å². The van der Waals surface area contributed by atoms with Crippen molar-refractivity contribution in [1.82, 2.24) is 9.97 Å². The number of aromatic nitrogens is 2. The molecule has 30 heavy (non-hydrogen) atoms. The number of nitro benzene ring substituents is 1. The van der Waals surface area contributed by atoms with Crippen LogP contribution >= 0.6 is 0 Å². The number of anilines is 2. The Kier molecular flexibility index (Phi) is 5.05. The maximum Gasteiger partial charge on any atom is 0.387 e. The third kappa shape index (κ3) is 3.79. The van der Waals surface area contributed by atoms with Crippen LogP contribution in [-0.2, 0) is 6.42 Å². The van der Waals surface area contributed by atoms with Gasteiger partial charge in [-0.1, -0.05) is 30.3 Å². The Morgan fingerprint density at radius 3 is 2.77 bits per heavy atom. The van der Waals surface area contributed by atoms with E-state index in [0.717, 1.165) is 29.2 Å². The number of benzene rings is 2. The van der Waals surface area contributed by atoms with Crippen LogP contribution in [0.4, 0.5) is 30.5 Å². The van der Waals surface area contributed by atoms with Gasteiger partial charge in [-0.15, -0.1) is 0 Å². The van der Waals surface area contributed by atoms with Gasteiger partial charge in [0.2, 0.25) is 11.8 Å². The van der Waals surface area contributed by atoms with E-state index in [4.69, 9.17) is 0 Å². The molecule has 10 heteroatoms. The molecule has 3 aromatic rings. The molecule has 4 rings (SSSR count). The van der Waals surface area contributed by atoms with Gasteiger partial charge in [-0.3, -0.25) is 10.1 Å². The van der Waals surface area contributed by atoms with Crippen LogP contribution in [-0.4, -0.2) is 21.5 Å². The number of fused-ring (bicyclic) bond motifs is 1. The highest BCUT2D eigenvalue weighted by atomic mass is 19.3. The zero-order valence-electron chi connectivity index (χ0n) is 15.2. The van der Waals surface area contributed by atoms with Crippen LogP contribution in [0.5, 0.6) is 5.75 Å². The number of hydrogen-bond donors (Lipinski definition) is 1. The molecule has 0 amide bonds. The third-order valence-electron chi connectivity index (χ3n) is 4.47. The molecule has 7 nitrogen and oxygen atoms in total. The molecule has 0 saturated carbocycles. The molecule has 152 valence electrons. The molecule has 0 saturated heterocycles. The van der Waals surface area contributed by atoms with E-state index in [1.807, 2.05) is 30.3 Å². The summed E-state index contributed by atoms with van der Waals surface area (Å²) in [5, 5.41) is 13.6. The lowest BCUT2D eigenvalue weighted by molar-refractivity contribution is -0.387. The Labute approximate surface area is 168 Å². The second kappa shape index (κ2) is 7.82. The van der Waals surface area contributed by atoms with Crippen LogP contribution in [0.3, 0.4) is 0 Å². The van der Waals surface area contributed by atoms with Crippen LogP contribution < -0.4 is 10.1 Å². The molecule has 1 N–H and O–H groups in total. The van der Waals surface area contributed by atoms with Crippen LogP contribution in [0.25, 0.3) is 5.57 Å². The number of nitro groups is 1. The third-order valence-corrected chi connectivity index (χ3v) is 4.47. The van der Waals surface area contributed by atoms with Gasteiger partial charge < -0.3 is 10.1 Å². The van der Waals surface area contributed by atoms with Gasteiger partial charge in [0.1, 0.15) is 0 Å². The lowest BCUT2D eigenvalue weighted by Gasteiger charge is -2.13. The van der Waals surface area contributed by atoms with Gasteiger partial charge in [-0.05, 0) is 23.6 Å². The highest BCUT2D eigenvalue weighted by Crippen LogP contribution is 2.35. The summed E-state index contributed by atoms with van der Waals surface area (Å²) in [6.45, 7) is -3.25. The first-order chi connectivity index (χ1) is 14.4. The summed E-state index contributed by atoms with van der Waals surface area (Å²) < 4.78 is 43.5. The molecular weight excluding hydrogens is 401 g/mol. The molecule has 2 aromatic carbocycles. The van der Waals surface area contributed by atoms with E-state index in [9.17, 15) is 23.3 Å². The smallest absolute Gasteiger partial charge is 0.387 e. The fourth-order valence-corrected chi connectivity index (χ4v) is 3.19. The zero-order chi connectivity index (χ0) is 21.3. The van der Waals surface area contributed by atoms with Gasteiger partial charge in [0.25, 0.3) is 0 Å². The average molecular weight is 414 g/mol. The summed E-state index contributed by atoms with van der Waals surface area (Å²) in [7, 11) is 0. The molecular formula is C20H13F3N4O3. The van der Waals surface area contributed by atoms with Crippen LogP contribution in [0.1, 0.15) is 16.8 Å². The number of alkyl halides is 2. The monoisotopic (exact) mass is 414 g/mol. The van der Waals surface area contributed by atoms with Crippen molar-refractivity contribution >= 4 is 22.9 Å². The Morgan fingerprint density at radius 2 is 2.00 bits per heavy atom. The van der Waals surface area contributed by atoms with Crippen LogP contribution in [0.2, 0.25) is 0 Å². The molecule has 1 heterocycles. The van der Waals surface area contributed by atoms with E-state index in [-0.39, 0.29) is 11.6 Å². The summed E-state index contributed by atoms with van der Waals surface area (Å²) in [6.07, 6.45) is 4.21. The first-order valence-corrected chi connectivity index (χ1v) is 8.74. The van der Waals surface area contributed by atoms with Crippen molar-refractivity contribution < 1.29 is 22.8 Å². The summed E-state index contributed by atoms with van der Waals surface area (Å²) in [5.41, 5.74) is 2.45. The predicted octanol–water partition coefficient (Wildman–Crippen LogP) is 4.86. The van der Waals surface area contributed by atoms with E-state index in [1.54, 1.807) is 6.07 Å². The molecule has 0 bridgehead atoms. The first kappa shape index (κ1) is 19.4. The first-order valence-electron chi connectivity index (χ1n) is 8.74. The zero-order valence-corrected chi connectivity index (χ0v) is 15.2. The number of hydrogen-bond acceptors (Lipinski definition) is 6. The van der Waals surface area contributed by atoms with E-state index in [2.05, 4.69) is 20.0 Å². The summed E-state index contributed by atoms with van der Waals surface area (Å²) in [6, 6.07) is 10.8. The normalized spacial score (nSPS) is 12.5. The SMILES string of the molecule is O=[N+]([O-])c1cc(Nc2nccc(C3=CCc4ccccc43)n2)c(OC(F)F)cc1F. The lowest BCUT2D eigenvalue weighted by Crippen LogP contribution is -2.07. The fraction of sp³-hybridized carbons (Fsp3) is 0.100. The van der Waals surface area contributed by atoms with Crippen molar-refractivity contribution in [1.29, 1.82) is 0 Å². The van der Waals surface area contributed by atoms with Gasteiger partial charge in [0, 0.05) is 23.9 Å². The van der Waals surface area contributed by atoms with Gasteiger partial charge in [0.05, 0.1) is 16.3 Å². The Balaban J connectivity index is 1.69. The molecule has 0 fully saturated rings. The molecule has 1 aromatic heterocycles. The molecule has 1 aliphatic rings. The molecule has 0 radical (unpaired) electrons. The minimum absolute atomic E-state index is 0.0159. The number of nitrogens with zero attached hydrogens (tertiary/aromatic N) is 3. The Morgan fingerprint density at radius 1 is 1.20 bits per heavy atom. The summed E-state index contributed by atoms with van der Waals surface area (Å²) in [4.78, 5) is 18.4. The maximum absolute atomic E-state index is 13.8. The average Bonchev–Trinajstić information content (AvgIpc) is 3.13. The van der Waals surface area contributed by atoms with Crippen molar-refractivity contribution in [2.45, 2.75) is 13.0 Å². The summed E-state index contributed by atoms with van der Waals surface area (Å²) >= 11 is 0. The number of nitrogens with one attached hydrogen (secondary N) is 1. The van der Waals surface area contributed by atoms with Gasteiger partial charge >= 0.3 is 12.3 Å². The highest BCUT2D eigenvalue weighted by Gasteiger charge is 2.22. The largest absolute Gasteiger partial charge is 0.432 e. The van der Waals surface area contributed by atoms with E-state index < -0.39 is 28.8 Å². The number of rotatable bonds is 6. The molecule has 0 aliphatic heterocycles. The minimum atomic E-state index is -3.25. The summed E-state index contributed by atoms with van der Waals surface area (Å²) in [5.74, 6) is -1.92. The number of allylic oxidation sites excluding steroid dienone is 1. The molecule has 0 atom stereocenters. The second-order valence-electron chi connectivity index (χ2n) is 6.30. The molecule has 0 unspecified atom stereocenters. The standard InChI is InChI=1S/C20H13F3N4O3/c21-14-9-18(30-19(22)23)16(10-17(14)27(28)29)26-20-24-8-7-15(25-20)13-6-5-11-3-1-2-4-12(11)13/h1-4,6-10,19H,5H2,(H,24,25,26). The van der Waals surface area contributed by atoms with E-state index in [1.165, 1.54) is 6.20 Å². The highest BCUT2D eigenvalue weighted by molar-refractivity contribution is 5.83.